The zero-order valence-electron chi connectivity index (χ0n) is 16.7. The molecule has 1 N–H and O–H groups in total. The van der Waals surface area contributed by atoms with E-state index in [0.717, 1.165) is 17.5 Å². The van der Waals surface area contributed by atoms with Gasteiger partial charge in [0.15, 0.2) is 0 Å². The van der Waals surface area contributed by atoms with Crippen molar-refractivity contribution in [1.29, 1.82) is 0 Å². The lowest BCUT2D eigenvalue weighted by atomic mass is 10.1. The number of amides is 1. The maximum absolute atomic E-state index is 13.2. The molecule has 0 spiro atoms. The van der Waals surface area contributed by atoms with Gasteiger partial charge in [-0.05, 0) is 47.7 Å². The first-order valence-electron chi connectivity index (χ1n) is 10.1. The molecule has 3 heterocycles. The molecule has 0 aliphatic rings. The van der Waals surface area contributed by atoms with Gasteiger partial charge in [0.25, 0.3) is 11.5 Å². The molecule has 2 aromatic carbocycles. The molecule has 5 aromatic rings. The molecule has 1 amide bonds. The predicted molar refractivity (Wildman–Crippen MR) is 123 cm³/mol. The van der Waals surface area contributed by atoms with Crippen LogP contribution in [0.2, 0.25) is 0 Å². The lowest BCUT2D eigenvalue weighted by Crippen LogP contribution is -2.27. The highest BCUT2D eigenvalue weighted by Crippen LogP contribution is 2.18. The van der Waals surface area contributed by atoms with Crippen LogP contribution in [0.3, 0.4) is 0 Å². The molecule has 0 atom stereocenters. The van der Waals surface area contributed by atoms with E-state index in [4.69, 9.17) is 0 Å². The summed E-state index contributed by atoms with van der Waals surface area (Å²) in [5.74, 6) is -0.155. The van der Waals surface area contributed by atoms with E-state index in [-0.39, 0.29) is 11.5 Å². The number of nitrogens with zero attached hydrogens (tertiary/aromatic N) is 3. The normalized spacial score (nSPS) is 11.2. The first kappa shape index (κ1) is 19.3. The number of nitrogens with one attached hydrogen (secondary N) is 1. The minimum Gasteiger partial charge on any atom is -0.352 e. The van der Waals surface area contributed by atoms with Gasteiger partial charge in [-0.2, -0.15) is 5.10 Å². The summed E-state index contributed by atoms with van der Waals surface area (Å²) in [6, 6.07) is 21.0. The van der Waals surface area contributed by atoms with Crippen molar-refractivity contribution < 1.29 is 4.79 Å². The van der Waals surface area contributed by atoms with E-state index in [1.165, 1.54) is 4.88 Å². The molecule has 0 aliphatic carbocycles. The molecule has 6 nitrogen and oxygen atoms in total. The zero-order valence-corrected chi connectivity index (χ0v) is 17.5. The number of carbonyl (C=O) groups excluding carboxylic acids is 1. The molecule has 154 valence electrons. The Balaban J connectivity index is 1.53. The highest BCUT2D eigenvalue weighted by Gasteiger charge is 2.14. The van der Waals surface area contributed by atoms with Crippen molar-refractivity contribution in [2.24, 2.45) is 0 Å². The summed E-state index contributed by atoms with van der Waals surface area (Å²) >= 11 is 1.68. The van der Waals surface area contributed by atoms with Crippen molar-refractivity contribution >= 4 is 33.8 Å². The SMILES string of the molecule is O=C(NCCc1cccs1)c1ccc2c(c1)n(Cc1ccccc1)c(=O)c1ccnn12. The van der Waals surface area contributed by atoms with Crippen LogP contribution in [0.1, 0.15) is 20.8 Å². The van der Waals surface area contributed by atoms with Crippen LogP contribution in [-0.4, -0.2) is 26.6 Å². The minimum atomic E-state index is -0.155. The fourth-order valence-electron chi connectivity index (χ4n) is 3.74. The summed E-state index contributed by atoms with van der Waals surface area (Å²) in [4.78, 5) is 27.2. The molecule has 31 heavy (non-hydrogen) atoms. The van der Waals surface area contributed by atoms with Gasteiger partial charge in [0.2, 0.25) is 0 Å². The van der Waals surface area contributed by atoms with Gasteiger partial charge in [0.1, 0.15) is 5.52 Å². The van der Waals surface area contributed by atoms with Crippen LogP contribution in [0, 0.1) is 0 Å². The quantitative estimate of drug-likeness (QED) is 0.448. The summed E-state index contributed by atoms with van der Waals surface area (Å²) in [5.41, 5.74) is 3.37. The third kappa shape index (κ3) is 3.75. The number of carbonyl (C=O) groups is 1. The third-order valence-electron chi connectivity index (χ3n) is 5.28. The summed E-state index contributed by atoms with van der Waals surface area (Å²) in [6.45, 7) is 0.980. The van der Waals surface area contributed by atoms with Crippen molar-refractivity contribution in [3.05, 3.63) is 105 Å². The second kappa shape index (κ2) is 8.20. The Morgan fingerprint density at radius 1 is 0.968 bits per heavy atom. The maximum atomic E-state index is 13.2. The van der Waals surface area contributed by atoms with Crippen LogP contribution in [0.5, 0.6) is 0 Å². The molecule has 0 bridgehead atoms. The fraction of sp³-hybridized carbons (Fsp3) is 0.125. The second-order valence-corrected chi connectivity index (χ2v) is 8.33. The monoisotopic (exact) mass is 428 g/mol. The van der Waals surface area contributed by atoms with E-state index >= 15 is 0 Å². The molecule has 5 rings (SSSR count). The molecule has 3 aromatic heterocycles. The van der Waals surface area contributed by atoms with Crippen LogP contribution in [0.4, 0.5) is 0 Å². The summed E-state index contributed by atoms with van der Waals surface area (Å²) in [5, 5.41) is 9.32. The number of rotatable bonds is 6. The molecule has 0 saturated carbocycles. The number of hydrogen-bond donors (Lipinski definition) is 1. The van der Waals surface area contributed by atoms with Gasteiger partial charge in [0.05, 0.1) is 23.8 Å². The number of benzene rings is 2. The topological polar surface area (TPSA) is 68.4 Å². The molecule has 0 saturated heterocycles. The zero-order chi connectivity index (χ0) is 21.2. The van der Waals surface area contributed by atoms with E-state index in [2.05, 4.69) is 16.5 Å². The van der Waals surface area contributed by atoms with E-state index in [0.29, 0.717) is 29.7 Å². The first-order chi connectivity index (χ1) is 15.2. The average Bonchev–Trinajstić information content (AvgIpc) is 3.49. The fourth-order valence-corrected chi connectivity index (χ4v) is 4.45. The molecule has 0 radical (unpaired) electrons. The second-order valence-electron chi connectivity index (χ2n) is 7.29. The smallest absolute Gasteiger partial charge is 0.277 e. The van der Waals surface area contributed by atoms with Crippen molar-refractivity contribution in [2.45, 2.75) is 13.0 Å². The van der Waals surface area contributed by atoms with Gasteiger partial charge in [0, 0.05) is 17.0 Å². The average molecular weight is 429 g/mol. The Kier molecular flexibility index (Phi) is 5.09. The largest absolute Gasteiger partial charge is 0.352 e. The summed E-state index contributed by atoms with van der Waals surface area (Å²) < 4.78 is 3.35. The van der Waals surface area contributed by atoms with Gasteiger partial charge >= 0.3 is 0 Å². The number of fused-ring (bicyclic) bond motifs is 3. The van der Waals surface area contributed by atoms with Crippen molar-refractivity contribution in [3.63, 3.8) is 0 Å². The number of thiophene rings is 1. The van der Waals surface area contributed by atoms with E-state index in [1.54, 1.807) is 44.8 Å². The van der Waals surface area contributed by atoms with Crippen LogP contribution < -0.4 is 10.9 Å². The van der Waals surface area contributed by atoms with E-state index < -0.39 is 0 Å². The van der Waals surface area contributed by atoms with Crippen LogP contribution in [0.15, 0.2) is 83.1 Å². The Hall–Kier alpha value is -3.71. The van der Waals surface area contributed by atoms with Gasteiger partial charge in [-0.25, -0.2) is 4.52 Å². The maximum Gasteiger partial charge on any atom is 0.277 e. The van der Waals surface area contributed by atoms with Gasteiger partial charge in [-0.1, -0.05) is 36.4 Å². The van der Waals surface area contributed by atoms with E-state index in [1.807, 2.05) is 47.8 Å². The van der Waals surface area contributed by atoms with Crippen molar-refractivity contribution in [1.82, 2.24) is 19.5 Å². The first-order valence-corrected chi connectivity index (χ1v) is 10.9. The van der Waals surface area contributed by atoms with E-state index in [9.17, 15) is 9.59 Å². The van der Waals surface area contributed by atoms with Gasteiger partial charge in [-0.3, -0.25) is 9.59 Å². The Morgan fingerprint density at radius 2 is 1.84 bits per heavy atom. The highest BCUT2D eigenvalue weighted by molar-refractivity contribution is 7.09. The molecular weight excluding hydrogens is 408 g/mol. The number of hydrogen-bond acceptors (Lipinski definition) is 4. The Labute approximate surface area is 182 Å². The van der Waals surface area contributed by atoms with Gasteiger partial charge < -0.3 is 9.88 Å². The highest BCUT2D eigenvalue weighted by atomic mass is 32.1. The molecule has 0 fully saturated rings. The summed E-state index contributed by atoms with van der Waals surface area (Å²) in [7, 11) is 0. The standard InChI is InChI=1S/C24H20N4O2S/c29-23(25-12-10-19-7-4-14-31-19)18-8-9-20-22(15-18)27(16-17-5-2-1-3-6-17)24(30)21-11-13-26-28(20)21/h1-9,11,13-15H,10,12,16H2,(H,25,29). The molecular formula is C24H20N4O2S. The summed E-state index contributed by atoms with van der Waals surface area (Å²) in [6.07, 6.45) is 2.41. The molecule has 0 unspecified atom stereocenters. The lowest BCUT2D eigenvalue weighted by Gasteiger charge is -2.13. The van der Waals surface area contributed by atoms with Crippen LogP contribution >= 0.6 is 11.3 Å². The molecule has 7 heteroatoms. The van der Waals surface area contributed by atoms with Crippen LogP contribution in [0.25, 0.3) is 16.6 Å². The van der Waals surface area contributed by atoms with Gasteiger partial charge in [-0.15, -0.1) is 11.3 Å². The van der Waals surface area contributed by atoms with Crippen LogP contribution in [-0.2, 0) is 13.0 Å². The Bertz CT molecular complexity index is 1420. The van der Waals surface area contributed by atoms with Crippen molar-refractivity contribution in [3.8, 4) is 0 Å². The molecule has 0 aliphatic heterocycles. The third-order valence-corrected chi connectivity index (χ3v) is 6.22. The Morgan fingerprint density at radius 3 is 2.65 bits per heavy atom. The predicted octanol–water partition coefficient (Wildman–Crippen LogP) is 3.73. The number of aromatic nitrogens is 3. The van der Waals surface area contributed by atoms with Crippen molar-refractivity contribution in [2.75, 3.05) is 6.54 Å². The lowest BCUT2D eigenvalue weighted by molar-refractivity contribution is 0.0954. The minimum absolute atomic E-state index is 0.135.